The van der Waals surface area contributed by atoms with Gasteiger partial charge in [0, 0.05) is 56.1 Å². The van der Waals surface area contributed by atoms with Crippen molar-refractivity contribution in [1.29, 1.82) is 0 Å². The average Bonchev–Trinajstić information content (AvgIpc) is 2.74. The molecule has 0 saturated carbocycles. The molecule has 2 saturated heterocycles. The number of ether oxygens (including phenoxy) is 1. The van der Waals surface area contributed by atoms with Crippen molar-refractivity contribution in [3.63, 3.8) is 0 Å². The lowest BCUT2D eigenvalue weighted by atomic mass is 9.78. The second-order valence-electron chi connectivity index (χ2n) is 8.44. The van der Waals surface area contributed by atoms with E-state index in [0.29, 0.717) is 50.0 Å². The van der Waals surface area contributed by atoms with E-state index in [2.05, 4.69) is 11.9 Å². The second kappa shape index (κ2) is 9.85. The number of piperidine rings is 1. The van der Waals surface area contributed by atoms with Gasteiger partial charge in [-0.3, -0.25) is 4.79 Å². The third-order valence-electron chi connectivity index (χ3n) is 6.13. The Morgan fingerprint density at radius 3 is 2.43 bits per heavy atom. The van der Waals surface area contributed by atoms with Crippen molar-refractivity contribution in [3.05, 3.63) is 29.3 Å². The molecule has 30 heavy (non-hydrogen) atoms. The van der Waals surface area contributed by atoms with Crippen molar-refractivity contribution in [2.45, 2.75) is 26.2 Å². The standard InChI is InChI=1S/C21H32ClN3O4S/c1-3-30(27,28)25-10-4-9-21(16-25,17-29-19-7-5-18(22)6-8-19)15-20(26)24-13-11-23(2)12-14-24/h5-8H,3-4,9-17H2,1-2H3/t21-/m1/s1. The van der Waals surface area contributed by atoms with Gasteiger partial charge in [-0.2, -0.15) is 0 Å². The van der Waals surface area contributed by atoms with Crippen LogP contribution in [-0.4, -0.2) is 87.1 Å². The maximum absolute atomic E-state index is 13.1. The zero-order valence-electron chi connectivity index (χ0n) is 17.8. The van der Waals surface area contributed by atoms with E-state index in [1.807, 2.05) is 4.90 Å². The third kappa shape index (κ3) is 5.87. The maximum atomic E-state index is 13.1. The summed E-state index contributed by atoms with van der Waals surface area (Å²) in [7, 11) is -1.27. The second-order valence-corrected chi connectivity index (χ2v) is 11.1. The molecule has 2 aliphatic heterocycles. The third-order valence-corrected chi connectivity index (χ3v) is 8.21. The molecule has 7 nitrogen and oxygen atoms in total. The molecule has 2 heterocycles. The first kappa shape index (κ1) is 23.3. The van der Waals surface area contributed by atoms with Crippen LogP contribution in [0.1, 0.15) is 26.2 Å². The summed E-state index contributed by atoms with van der Waals surface area (Å²) in [4.78, 5) is 17.2. The number of carbonyl (C=O) groups excluding carboxylic acids is 1. The first-order chi connectivity index (χ1) is 14.2. The van der Waals surface area contributed by atoms with Crippen molar-refractivity contribution < 1.29 is 17.9 Å². The Morgan fingerprint density at radius 1 is 1.13 bits per heavy atom. The van der Waals surface area contributed by atoms with Gasteiger partial charge in [0.15, 0.2) is 0 Å². The normalized spacial score (nSPS) is 24.0. The molecule has 2 aliphatic rings. The van der Waals surface area contributed by atoms with Crippen molar-refractivity contribution in [1.82, 2.24) is 14.1 Å². The van der Waals surface area contributed by atoms with Crippen LogP contribution in [0, 0.1) is 5.41 Å². The lowest BCUT2D eigenvalue weighted by molar-refractivity contribution is -0.136. The summed E-state index contributed by atoms with van der Waals surface area (Å²) in [6.07, 6.45) is 1.77. The van der Waals surface area contributed by atoms with E-state index in [-0.39, 0.29) is 11.7 Å². The molecule has 0 unspecified atom stereocenters. The Kier molecular flexibility index (Phi) is 7.66. The van der Waals surface area contributed by atoms with E-state index < -0.39 is 15.4 Å². The molecule has 1 aromatic carbocycles. The average molecular weight is 458 g/mol. The molecule has 168 valence electrons. The highest BCUT2D eigenvalue weighted by Gasteiger charge is 2.42. The molecule has 0 N–H and O–H groups in total. The van der Waals surface area contributed by atoms with Crippen molar-refractivity contribution in [2.75, 3.05) is 58.7 Å². The fraction of sp³-hybridized carbons (Fsp3) is 0.667. The number of nitrogens with zero attached hydrogens (tertiary/aromatic N) is 3. The van der Waals surface area contributed by atoms with Crippen LogP contribution >= 0.6 is 11.6 Å². The van der Waals surface area contributed by atoms with Crippen LogP contribution < -0.4 is 4.74 Å². The largest absolute Gasteiger partial charge is 0.493 e. The van der Waals surface area contributed by atoms with Crippen LogP contribution in [0.3, 0.4) is 0 Å². The number of hydrogen-bond acceptors (Lipinski definition) is 5. The van der Waals surface area contributed by atoms with Crippen molar-refractivity contribution in [3.8, 4) is 5.75 Å². The van der Waals surface area contributed by atoms with E-state index in [4.69, 9.17) is 16.3 Å². The molecule has 0 bridgehead atoms. The van der Waals surface area contributed by atoms with Gasteiger partial charge in [0.2, 0.25) is 15.9 Å². The zero-order chi connectivity index (χ0) is 21.8. The highest BCUT2D eigenvalue weighted by Crippen LogP contribution is 2.36. The van der Waals surface area contributed by atoms with Crippen molar-refractivity contribution >= 4 is 27.5 Å². The summed E-state index contributed by atoms with van der Waals surface area (Å²) >= 11 is 5.96. The van der Waals surface area contributed by atoms with Gasteiger partial charge >= 0.3 is 0 Å². The minimum absolute atomic E-state index is 0.0630. The minimum atomic E-state index is -3.32. The first-order valence-corrected chi connectivity index (χ1v) is 12.5. The van der Waals surface area contributed by atoms with E-state index in [1.165, 1.54) is 0 Å². The van der Waals surface area contributed by atoms with Crippen molar-refractivity contribution in [2.24, 2.45) is 5.41 Å². The Bertz CT molecular complexity index is 825. The van der Waals surface area contributed by atoms with Crippen LogP contribution in [0.25, 0.3) is 0 Å². The quantitative estimate of drug-likeness (QED) is 0.628. The number of likely N-dealkylation sites (N-methyl/N-ethyl adjacent to an activating group) is 1. The van der Waals surface area contributed by atoms with Gasteiger partial charge in [-0.15, -0.1) is 0 Å². The molecule has 2 fully saturated rings. The maximum Gasteiger partial charge on any atom is 0.223 e. The topological polar surface area (TPSA) is 70.2 Å². The van der Waals surface area contributed by atoms with Gasteiger partial charge in [-0.25, -0.2) is 12.7 Å². The molecule has 1 amide bonds. The Morgan fingerprint density at radius 2 is 1.80 bits per heavy atom. The molecule has 0 aromatic heterocycles. The summed E-state index contributed by atoms with van der Waals surface area (Å²) in [5.41, 5.74) is -0.541. The predicted molar refractivity (Wildman–Crippen MR) is 118 cm³/mol. The first-order valence-electron chi connectivity index (χ1n) is 10.6. The monoisotopic (exact) mass is 457 g/mol. The molecule has 1 aromatic rings. The van der Waals surface area contributed by atoms with Crippen LogP contribution in [0.5, 0.6) is 5.75 Å². The number of amides is 1. The van der Waals surface area contributed by atoms with Gasteiger partial charge < -0.3 is 14.5 Å². The van der Waals surface area contributed by atoms with Crippen LogP contribution in [0.2, 0.25) is 5.02 Å². The molecule has 9 heteroatoms. The van der Waals surface area contributed by atoms with E-state index >= 15 is 0 Å². The van der Waals surface area contributed by atoms with Gasteiger partial charge in [0.05, 0.1) is 12.4 Å². The number of carbonyl (C=O) groups is 1. The molecule has 0 aliphatic carbocycles. The minimum Gasteiger partial charge on any atom is -0.493 e. The molecular weight excluding hydrogens is 426 g/mol. The van der Waals surface area contributed by atoms with Gasteiger partial charge in [-0.05, 0) is 51.1 Å². The summed E-state index contributed by atoms with van der Waals surface area (Å²) in [6, 6.07) is 7.10. The van der Waals surface area contributed by atoms with E-state index in [0.717, 1.165) is 25.9 Å². The molecule has 3 rings (SSSR count). The number of rotatable bonds is 7. The summed E-state index contributed by atoms with van der Waals surface area (Å²) in [5.74, 6) is 0.813. The fourth-order valence-corrected chi connectivity index (χ4v) is 5.52. The van der Waals surface area contributed by atoms with Crippen LogP contribution in [-0.2, 0) is 14.8 Å². The fourth-order valence-electron chi connectivity index (χ4n) is 4.15. The molecular formula is C21H32ClN3O4S. The Labute approximate surface area is 185 Å². The number of sulfonamides is 1. The molecule has 0 spiro atoms. The predicted octanol–water partition coefficient (Wildman–Crippen LogP) is 2.31. The van der Waals surface area contributed by atoms with Gasteiger partial charge in [0.25, 0.3) is 0 Å². The smallest absolute Gasteiger partial charge is 0.223 e. The number of hydrogen-bond donors (Lipinski definition) is 0. The SMILES string of the molecule is CCS(=O)(=O)N1CCC[C@@](COc2ccc(Cl)cc2)(CC(=O)N2CCN(C)CC2)C1. The number of benzene rings is 1. The van der Waals surface area contributed by atoms with Crippen LogP contribution in [0.4, 0.5) is 0 Å². The van der Waals surface area contributed by atoms with Crippen LogP contribution in [0.15, 0.2) is 24.3 Å². The zero-order valence-corrected chi connectivity index (χ0v) is 19.4. The lowest BCUT2D eigenvalue weighted by Crippen LogP contribution is -2.53. The van der Waals surface area contributed by atoms with E-state index in [1.54, 1.807) is 35.5 Å². The lowest BCUT2D eigenvalue weighted by Gasteiger charge is -2.43. The van der Waals surface area contributed by atoms with Gasteiger partial charge in [-0.1, -0.05) is 11.6 Å². The Hall–Kier alpha value is -1.35. The summed E-state index contributed by atoms with van der Waals surface area (Å²) in [6.45, 7) is 5.90. The summed E-state index contributed by atoms with van der Waals surface area (Å²) in [5, 5.41) is 0.625. The Balaban J connectivity index is 1.76. The van der Waals surface area contributed by atoms with Gasteiger partial charge in [0.1, 0.15) is 5.75 Å². The number of halogens is 1. The number of piperazine rings is 1. The highest BCUT2D eigenvalue weighted by molar-refractivity contribution is 7.89. The molecule has 0 radical (unpaired) electrons. The molecule has 1 atom stereocenters. The van der Waals surface area contributed by atoms with E-state index in [9.17, 15) is 13.2 Å². The summed E-state index contributed by atoms with van der Waals surface area (Å²) < 4.78 is 32.7. The highest BCUT2D eigenvalue weighted by atomic mass is 35.5.